The maximum atomic E-state index is 11.5. The summed E-state index contributed by atoms with van der Waals surface area (Å²) >= 11 is 0. The van der Waals surface area contributed by atoms with E-state index in [9.17, 15) is 4.79 Å². The maximum absolute atomic E-state index is 11.5. The van der Waals surface area contributed by atoms with E-state index in [1.165, 1.54) is 0 Å². The number of ether oxygens (including phenoxy) is 2. The molecule has 94 valence electrons. The molecule has 0 unspecified atom stereocenters. The van der Waals surface area contributed by atoms with Crippen LogP contribution in [0.2, 0.25) is 0 Å². The molecule has 1 N–H and O–H groups in total. The van der Waals surface area contributed by atoms with Gasteiger partial charge in [-0.2, -0.15) is 0 Å². The van der Waals surface area contributed by atoms with Crippen molar-refractivity contribution in [3.05, 3.63) is 29.8 Å². The minimum atomic E-state index is -0.141. The highest BCUT2D eigenvalue weighted by atomic mass is 16.5. The molecule has 17 heavy (non-hydrogen) atoms. The Hall–Kier alpha value is -1.55. The van der Waals surface area contributed by atoms with E-state index < -0.39 is 0 Å². The van der Waals surface area contributed by atoms with Crippen LogP contribution in [0, 0.1) is 6.92 Å². The molecule has 1 amide bonds. The summed E-state index contributed by atoms with van der Waals surface area (Å²) in [6.45, 7) is 4.35. The van der Waals surface area contributed by atoms with Crippen LogP contribution in [0.1, 0.15) is 12.5 Å². The summed E-state index contributed by atoms with van der Waals surface area (Å²) < 4.78 is 10.4. The van der Waals surface area contributed by atoms with E-state index in [1.54, 1.807) is 7.11 Å². The Balaban J connectivity index is 2.36. The van der Waals surface area contributed by atoms with Crippen molar-refractivity contribution >= 4 is 5.91 Å². The van der Waals surface area contributed by atoms with E-state index >= 15 is 0 Å². The zero-order valence-electron chi connectivity index (χ0n) is 10.5. The van der Waals surface area contributed by atoms with Crippen LogP contribution in [0.3, 0.4) is 0 Å². The van der Waals surface area contributed by atoms with Gasteiger partial charge in [0.15, 0.2) is 6.61 Å². The van der Waals surface area contributed by atoms with E-state index in [0.717, 1.165) is 11.3 Å². The molecule has 0 bridgehead atoms. The Morgan fingerprint density at radius 1 is 1.41 bits per heavy atom. The molecule has 1 aromatic rings. The monoisotopic (exact) mass is 237 g/mol. The maximum Gasteiger partial charge on any atom is 0.258 e. The highest BCUT2D eigenvalue weighted by Crippen LogP contribution is 2.15. The van der Waals surface area contributed by atoms with Crippen LogP contribution >= 0.6 is 0 Å². The lowest BCUT2D eigenvalue weighted by atomic mass is 10.2. The zero-order chi connectivity index (χ0) is 12.7. The molecule has 0 aliphatic carbocycles. The Labute approximate surface area is 102 Å². The lowest BCUT2D eigenvalue weighted by Gasteiger charge is -2.13. The second kappa shape index (κ2) is 6.91. The summed E-state index contributed by atoms with van der Waals surface area (Å²) in [6, 6.07) is 7.60. The van der Waals surface area contributed by atoms with Crippen LogP contribution < -0.4 is 10.1 Å². The van der Waals surface area contributed by atoms with Gasteiger partial charge in [-0.1, -0.05) is 18.2 Å². The number of carbonyl (C=O) groups is 1. The molecule has 0 saturated heterocycles. The van der Waals surface area contributed by atoms with Gasteiger partial charge in [-0.05, 0) is 25.5 Å². The van der Waals surface area contributed by atoms with Crippen molar-refractivity contribution in [2.75, 3.05) is 20.3 Å². The average Bonchev–Trinajstić information content (AvgIpc) is 2.28. The number of rotatable bonds is 6. The standard InChI is InChI=1S/C13H19NO3/c1-10-6-4-5-7-12(10)17-9-13(15)14-11(2)8-16-3/h4-7,11H,8-9H2,1-3H3,(H,14,15)/t11-/m1/s1. The molecule has 1 atom stereocenters. The number of amides is 1. The number of benzene rings is 1. The van der Waals surface area contributed by atoms with Gasteiger partial charge in [0.2, 0.25) is 0 Å². The van der Waals surface area contributed by atoms with Crippen LogP contribution in [-0.2, 0) is 9.53 Å². The van der Waals surface area contributed by atoms with Crippen molar-refractivity contribution in [3.8, 4) is 5.75 Å². The Bertz CT molecular complexity index is 365. The van der Waals surface area contributed by atoms with Gasteiger partial charge in [-0.25, -0.2) is 0 Å². The molecule has 4 heteroatoms. The molecule has 1 aromatic carbocycles. The molecule has 0 spiro atoms. The molecule has 0 aromatic heterocycles. The minimum Gasteiger partial charge on any atom is -0.484 e. The number of para-hydroxylation sites is 1. The quantitative estimate of drug-likeness (QED) is 0.816. The van der Waals surface area contributed by atoms with Crippen LogP contribution in [0.4, 0.5) is 0 Å². The van der Waals surface area contributed by atoms with Crippen LogP contribution in [0.5, 0.6) is 5.75 Å². The molecule has 0 heterocycles. The van der Waals surface area contributed by atoms with E-state index in [1.807, 2.05) is 38.1 Å². The molecule has 1 rings (SSSR count). The van der Waals surface area contributed by atoms with Crippen molar-refractivity contribution in [3.63, 3.8) is 0 Å². The summed E-state index contributed by atoms with van der Waals surface area (Å²) in [5.41, 5.74) is 1.02. The summed E-state index contributed by atoms with van der Waals surface area (Å²) in [5.74, 6) is 0.597. The molecule has 0 fully saturated rings. The van der Waals surface area contributed by atoms with Gasteiger partial charge in [0, 0.05) is 13.2 Å². The Kier molecular flexibility index (Phi) is 5.49. The van der Waals surface area contributed by atoms with Gasteiger partial charge < -0.3 is 14.8 Å². The minimum absolute atomic E-state index is 0.00651. The first-order chi connectivity index (χ1) is 8.13. The molecular weight excluding hydrogens is 218 g/mol. The fourth-order valence-corrected chi connectivity index (χ4v) is 1.47. The predicted octanol–water partition coefficient (Wildman–Crippen LogP) is 1.52. The summed E-state index contributed by atoms with van der Waals surface area (Å²) in [6.07, 6.45) is 0. The smallest absolute Gasteiger partial charge is 0.258 e. The van der Waals surface area contributed by atoms with E-state index in [0.29, 0.717) is 6.61 Å². The normalized spacial score (nSPS) is 11.9. The summed E-state index contributed by atoms with van der Waals surface area (Å²) in [7, 11) is 1.60. The highest BCUT2D eigenvalue weighted by molar-refractivity contribution is 5.77. The van der Waals surface area contributed by atoms with Gasteiger partial charge in [0.1, 0.15) is 5.75 Å². The summed E-state index contributed by atoms with van der Waals surface area (Å²) in [4.78, 5) is 11.5. The topological polar surface area (TPSA) is 47.6 Å². The van der Waals surface area contributed by atoms with Crippen molar-refractivity contribution < 1.29 is 14.3 Å². The number of nitrogens with one attached hydrogen (secondary N) is 1. The fourth-order valence-electron chi connectivity index (χ4n) is 1.47. The highest BCUT2D eigenvalue weighted by Gasteiger charge is 2.08. The second-order valence-electron chi connectivity index (χ2n) is 3.98. The molecule has 4 nitrogen and oxygen atoms in total. The second-order valence-corrected chi connectivity index (χ2v) is 3.98. The summed E-state index contributed by atoms with van der Waals surface area (Å²) in [5, 5.41) is 2.78. The first-order valence-electron chi connectivity index (χ1n) is 5.60. The molecular formula is C13H19NO3. The average molecular weight is 237 g/mol. The lowest BCUT2D eigenvalue weighted by Crippen LogP contribution is -2.38. The van der Waals surface area contributed by atoms with Crippen molar-refractivity contribution in [1.82, 2.24) is 5.32 Å². The number of carbonyl (C=O) groups excluding carboxylic acids is 1. The fraction of sp³-hybridized carbons (Fsp3) is 0.462. The van der Waals surface area contributed by atoms with Gasteiger partial charge in [0.25, 0.3) is 5.91 Å². The van der Waals surface area contributed by atoms with Crippen LogP contribution in [0.15, 0.2) is 24.3 Å². The zero-order valence-corrected chi connectivity index (χ0v) is 10.5. The van der Waals surface area contributed by atoms with Crippen molar-refractivity contribution in [1.29, 1.82) is 0 Å². The molecule has 0 aliphatic heterocycles. The molecule has 0 aliphatic rings. The van der Waals surface area contributed by atoms with Crippen molar-refractivity contribution in [2.45, 2.75) is 19.9 Å². The number of methoxy groups -OCH3 is 1. The third kappa shape index (κ3) is 4.87. The van der Waals surface area contributed by atoms with Gasteiger partial charge in [0.05, 0.1) is 6.61 Å². The number of aryl methyl sites for hydroxylation is 1. The Morgan fingerprint density at radius 3 is 2.76 bits per heavy atom. The van der Waals surface area contributed by atoms with Crippen LogP contribution in [0.25, 0.3) is 0 Å². The van der Waals surface area contributed by atoms with Gasteiger partial charge >= 0.3 is 0 Å². The van der Waals surface area contributed by atoms with E-state index in [2.05, 4.69) is 5.32 Å². The third-order valence-electron chi connectivity index (χ3n) is 2.28. The predicted molar refractivity (Wildman–Crippen MR) is 66.2 cm³/mol. The van der Waals surface area contributed by atoms with Crippen LogP contribution in [-0.4, -0.2) is 32.3 Å². The molecule has 0 radical (unpaired) electrons. The van der Waals surface area contributed by atoms with Crippen molar-refractivity contribution in [2.24, 2.45) is 0 Å². The first-order valence-corrected chi connectivity index (χ1v) is 5.60. The first kappa shape index (κ1) is 13.5. The largest absolute Gasteiger partial charge is 0.484 e. The Morgan fingerprint density at radius 2 is 2.12 bits per heavy atom. The lowest BCUT2D eigenvalue weighted by molar-refractivity contribution is -0.124. The van der Waals surface area contributed by atoms with Gasteiger partial charge in [-0.3, -0.25) is 4.79 Å². The third-order valence-corrected chi connectivity index (χ3v) is 2.28. The molecule has 0 saturated carbocycles. The number of hydrogen-bond acceptors (Lipinski definition) is 3. The van der Waals surface area contributed by atoms with E-state index in [-0.39, 0.29) is 18.6 Å². The van der Waals surface area contributed by atoms with Gasteiger partial charge in [-0.15, -0.1) is 0 Å². The van der Waals surface area contributed by atoms with E-state index in [4.69, 9.17) is 9.47 Å². The number of hydrogen-bond donors (Lipinski definition) is 1. The SMILES string of the molecule is COC[C@@H](C)NC(=O)COc1ccccc1C.